The molecule has 0 saturated carbocycles. The number of ether oxygens (including phenoxy) is 1. The van der Waals surface area contributed by atoms with Crippen LogP contribution in [0.4, 0.5) is 13.2 Å². The van der Waals surface area contributed by atoms with Crippen molar-refractivity contribution < 1.29 is 40.4 Å². The van der Waals surface area contributed by atoms with Gasteiger partial charge in [0.1, 0.15) is 11.5 Å². The molecule has 0 aliphatic heterocycles. The summed E-state index contributed by atoms with van der Waals surface area (Å²) in [5, 5.41) is 0. The summed E-state index contributed by atoms with van der Waals surface area (Å²) in [5.41, 5.74) is 0.740. The number of benzene rings is 2. The first-order valence-corrected chi connectivity index (χ1v) is 13.1. The number of carbonyl (C=O) groups is 1. The standard InChI is InChI=1S/C26H28F3N3O6S/c1-5-14-31(4)39(34,35)32(38-19(3)33)17-20-7-6-8-23(16-20)36-15-13-24-18(2)37-25(30-24)21-9-11-22(12-10-21)26(27,28)29/h5-12,16H,1,13-15,17H2,2-4H3. The van der Waals surface area contributed by atoms with Crippen LogP contribution in [-0.4, -0.2) is 48.3 Å². The lowest BCUT2D eigenvalue weighted by molar-refractivity contribution is -0.168. The highest BCUT2D eigenvalue weighted by atomic mass is 32.2. The zero-order valence-corrected chi connectivity index (χ0v) is 22.4. The van der Waals surface area contributed by atoms with Crippen LogP contribution in [-0.2, 0) is 39.0 Å². The number of aromatic nitrogens is 1. The molecule has 0 spiro atoms. The van der Waals surface area contributed by atoms with Crippen molar-refractivity contribution in [3.63, 3.8) is 0 Å². The van der Waals surface area contributed by atoms with Gasteiger partial charge in [0.2, 0.25) is 5.89 Å². The van der Waals surface area contributed by atoms with Crippen LogP contribution in [0.3, 0.4) is 0 Å². The Kier molecular flexibility index (Phi) is 9.54. The van der Waals surface area contributed by atoms with Gasteiger partial charge in [0, 0.05) is 32.5 Å². The number of nitrogens with zero attached hydrogens (tertiary/aromatic N) is 3. The van der Waals surface area contributed by atoms with E-state index in [1.807, 2.05) is 0 Å². The Balaban J connectivity index is 1.66. The molecule has 0 atom stereocenters. The average Bonchev–Trinajstić information content (AvgIpc) is 3.23. The fraction of sp³-hybridized carbons (Fsp3) is 0.308. The number of hydrogen-bond donors (Lipinski definition) is 0. The summed E-state index contributed by atoms with van der Waals surface area (Å²) in [4.78, 5) is 20.9. The van der Waals surface area contributed by atoms with Crippen molar-refractivity contribution in [1.29, 1.82) is 0 Å². The molecule has 0 aliphatic rings. The van der Waals surface area contributed by atoms with Crippen LogP contribution < -0.4 is 4.74 Å². The Bertz CT molecular complexity index is 1410. The Morgan fingerprint density at radius 3 is 2.49 bits per heavy atom. The second-order valence-electron chi connectivity index (χ2n) is 8.46. The van der Waals surface area contributed by atoms with E-state index in [9.17, 15) is 26.4 Å². The van der Waals surface area contributed by atoms with Crippen molar-refractivity contribution in [2.24, 2.45) is 0 Å². The quantitative estimate of drug-likeness (QED) is 0.226. The number of likely N-dealkylation sites (N-methyl/N-ethyl adjacent to an activating group) is 1. The molecule has 210 valence electrons. The molecule has 39 heavy (non-hydrogen) atoms. The van der Waals surface area contributed by atoms with Crippen molar-refractivity contribution in [3.8, 4) is 17.2 Å². The molecule has 3 rings (SSSR count). The van der Waals surface area contributed by atoms with E-state index >= 15 is 0 Å². The summed E-state index contributed by atoms with van der Waals surface area (Å²) in [6.45, 7) is 6.28. The van der Waals surface area contributed by atoms with Crippen molar-refractivity contribution in [2.45, 2.75) is 33.0 Å². The number of rotatable bonds is 12. The Labute approximate surface area is 224 Å². The van der Waals surface area contributed by atoms with E-state index in [-0.39, 0.29) is 25.6 Å². The minimum Gasteiger partial charge on any atom is -0.493 e. The van der Waals surface area contributed by atoms with E-state index in [1.165, 1.54) is 25.3 Å². The lowest BCUT2D eigenvalue weighted by Crippen LogP contribution is -2.42. The van der Waals surface area contributed by atoms with Gasteiger partial charge in [0.25, 0.3) is 0 Å². The molecule has 1 aromatic heterocycles. The second kappa shape index (κ2) is 12.5. The fourth-order valence-electron chi connectivity index (χ4n) is 3.47. The molecule has 0 unspecified atom stereocenters. The van der Waals surface area contributed by atoms with Gasteiger partial charge in [-0.15, -0.1) is 6.58 Å². The van der Waals surface area contributed by atoms with Crippen molar-refractivity contribution in [2.75, 3.05) is 20.2 Å². The van der Waals surface area contributed by atoms with Gasteiger partial charge in [-0.3, -0.25) is 4.79 Å². The number of aryl methyl sites for hydroxylation is 1. The van der Waals surface area contributed by atoms with Crippen LogP contribution in [0, 0.1) is 6.92 Å². The lowest BCUT2D eigenvalue weighted by atomic mass is 10.1. The summed E-state index contributed by atoms with van der Waals surface area (Å²) in [6.07, 6.45) is -2.68. The lowest BCUT2D eigenvalue weighted by Gasteiger charge is -2.25. The molecule has 0 saturated heterocycles. The molecule has 0 radical (unpaired) electrons. The summed E-state index contributed by atoms with van der Waals surface area (Å²) in [5.74, 6) is 0.354. The van der Waals surface area contributed by atoms with Crippen molar-refractivity contribution in [1.82, 2.24) is 13.8 Å². The predicted octanol–water partition coefficient (Wildman–Crippen LogP) is 4.93. The van der Waals surface area contributed by atoms with Crippen LogP contribution in [0.25, 0.3) is 11.5 Å². The highest BCUT2D eigenvalue weighted by Gasteiger charge is 2.31. The van der Waals surface area contributed by atoms with Crippen LogP contribution >= 0.6 is 0 Å². The molecule has 2 aromatic carbocycles. The maximum Gasteiger partial charge on any atom is 0.416 e. The highest BCUT2D eigenvalue weighted by molar-refractivity contribution is 7.86. The average molecular weight is 568 g/mol. The van der Waals surface area contributed by atoms with E-state index in [4.69, 9.17) is 14.0 Å². The summed E-state index contributed by atoms with van der Waals surface area (Å²) >= 11 is 0. The molecule has 0 bridgehead atoms. The van der Waals surface area contributed by atoms with E-state index in [1.54, 1.807) is 31.2 Å². The smallest absolute Gasteiger partial charge is 0.416 e. The fourth-order valence-corrected chi connectivity index (χ4v) is 4.59. The molecular weight excluding hydrogens is 539 g/mol. The molecule has 0 aliphatic carbocycles. The molecule has 0 N–H and O–H groups in total. The maximum atomic E-state index is 12.8. The minimum atomic E-state index is -4.43. The van der Waals surface area contributed by atoms with Gasteiger partial charge in [0.15, 0.2) is 0 Å². The molecule has 13 heteroatoms. The maximum absolute atomic E-state index is 12.8. The van der Waals surface area contributed by atoms with Crippen LogP contribution in [0.2, 0.25) is 0 Å². The number of alkyl halides is 3. The van der Waals surface area contributed by atoms with E-state index in [0.29, 0.717) is 39.2 Å². The number of hydrogen-bond acceptors (Lipinski definition) is 7. The van der Waals surface area contributed by atoms with Gasteiger partial charge in [-0.2, -0.15) is 25.9 Å². The third-order valence-electron chi connectivity index (χ3n) is 5.44. The first-order valence-electron chi connectivity index (χ1n) is 11.7. The number of oxazole rings is 1. The van der Waals surface area contributed by atoms with Crippen LogP contribution in [0.15, 0.2) is 65.6 Å². The van der Waals surface area contributed by atoms with Crippen molar-refractivity contribution >= 4 is 16.2 Å². The van der Waals surface area contributed by atoms with Gasteiger partial charge in [-0.05, 0) is 53.4 Å². The second-order valence-corrected chi connectivity index (χ2v) is 10.4. The summed E-state index contributed by atoms with van der Waals surface area (Å²) in [6, 6.07) is 11.2. The Hall–Kier alpha value is -3.68. The van der Waals surface area contributed by atoms with Gasteiger partial charge >= 0.3 is 22.4 Å². The number of halogens is 3. The molecule has 1 heterocycles. The van der Waals surface area contributed by atoms with Gasteiger partial charge < -0.3 is 14.0 Å². The first-order chi connectivity index (χ1) is 18.3. The molecule has 9 nitrogen and oxygen atoms in total. The largest absolute Gasteiger partial charge is 0.493 e. The zero-order chi connectivity index (χ0) is 28.8. The molecular formula is C26H28F3N3O6S. The summed E-state index contributed by atoms with van der Waals surface area (Å²) < 4.78 is 77.1. The molecule has 0 amide bonds. The topological polar surface area (TPSA) is 102 Å². The minimum absolute atomic E-state index is 0.0191. The van der Waals surface area contributed by atoms with E-state index in [2.05, 4.69) is 11.6 Å². The highest BCUT2D eigenvalue weighted by Crippen LogP contribution is 2.31. The number of carbonyl (C=O) groups excluding carboxylic acids is 1. The summed E-state index contributed by atoms with van der Waals surface area (Å²) in [7, 11) is -2.79. The molecule has 3 aromatic rings. The third-order valence-corrected chi connectivity index (χ3v) is 7.09. The van der Waals surface area contributed by atoms with Crippen LogP contribution in [0.5, 0.6) is 5.75 Å². The molecule has 0 fully saturated rings. The normalized spacial score (nSPS) is 12.1. The van der Waals surface area contributed by atoms with E-state index < -0.39 is 27.9 Å². The SMILES string of the molecule is C=CCN(C)S(=O)(=O)N(Cc1cccc(OCCc2nc(-c3ccc(C(F)(F)F)cc3)oc2C)c1)OC(C)=O. The predicted molar refractivity (Wildman–Crippen MR) is 136 cm³/mol. The van der Waals surface area contributed by atoms with Gasteiger partial charge in [-0.25, -0.2) is 4.98 Å². The van der Waals surface area contributed by atoms with Crippen molar-refractivity contribution in [3.05, 3.63) is 83.8 Å². The zero-order valence-electron chi connectivity index (χ0n) is 21.6. The Morgan fingerprint density at radius 1 is 1.18 bits per heavy atom. The van der Waals surface area contributed by atoms with Gasteiger partial charge in [0.05, 0.1) is 24.4 Å². The third kappa shape index (κ3) is 7.91. The van der Waals surface area contributed by atoms with E-state index in [0.717, 1.165) is 23.4 Å². The van der Waals surface area contributed by atoms with Crippen LogP contribution in [0.1, 0.15) is 29.5 Å². The Morgan fingerprint density at radius 2 is 1.87 bits per heavy atom. The van der Waals surface area contributed by atoms with Gasteiger partial charge in [-0.1, -0.05) is 18.2 Å². The first kappa shape index (κ1) is 29.9. The number of hydroxylamine groups is 1. The monoisotopic (exact) mass is 567 g/mol.